The minimum Gasteiger partial charge on any atom is -0.334 e. The summed E-state index contributed by atoms with van der Waals surface area (Å²) in [6.45, 7) is 0.780. The topological polar surface area (TPSA) is 71.3 Å². The van der Waals surface area contributed by atoms with Gasteiger partial charge in [0.2, 0.25) is 11.2 Å². The molecule has 4 heterocycles. The van der Waals surface area contributed by atoms with Crippen LogP contribution in [0.5, 0.6) is 0 Å². The minimum atomic E-state index is 0.0705. The molecule has 2 aliphatic heterocycles. The molecule has 0 N–H and O–H groups in total. The highest BCUT2D eigenvalue weighted by Gasteiger charge is 2.33. The van der Waals surface area contributed by atoms with Crippen molar-refractivity contribution in [2.24, 2.45) is 4.99 Å². The smallest absolute Gasteiger partial charge is 0.227 e. The number of hydrogen-bond acceptors (Lipinski definition) is 5. The van der Waals surface area contributed by atoms with Crippen LogP contribution in [0.3, 0.4) is 0 Å². The maximum Gasteiger partial charge on any atom is 0.227 e. The van der Waals surface area contributed by atoms with Crippen LogP contribution >= 0.6 is 11.6 Å². The number of aromatic nitrogens is 3. The highest BCUT2D eigenvalue weighted by Crippen LogP contribution is 2.29. The Balaban J connectivity index is 1.43. The van der Waals surface area contributed by atoms with E-state index in [1.54, 1.807) is 24.8 Å². The number of carbonyl (C=O) groups excluding carboxylic acids is 1. The first-order valence-corrected chi connectivity index (χ1v) is 9.00. The van der Waals surface area contributed by atoms with E-state index in [1.165, 1.54) is 0 Å². The van der Waals surface area contributed by atoms with Gasteiger partial charge in [0.05, 0.1) is 12.5 Å². The molecule has 1 saturated heterocycles. The van der Waals surface area contributed by atoms with E-state index in [1.807, 2.05) is 23.2 Å². The fourth-order valence-electron chi connectivity index (χ4n) is 3.50. The second-order valence-electron chi connectivity index (χ2n) is 6.48. The third-order valence-corrected chi connectivity index (χ3v) is 4.98. The number of rotatable bonds is 4. The Kier molecular flexibility index (Phi) is 4.75. The van der Waals surface area contributed by atoms with Crippen molar-refractivity contribution >= 4 is 28.8 Å². The van der Waals surface area contributed by atoms with E-state index in [2.05, 4.69) is 19.9 Å². The molecule has 1 amide bonds. The average Bonchev–Trinajstić information content (AvgIpc) is 3.32. The molecular formula is C19H18ClN5O. The number of carbonyl (C=O) groups is 1. The van der Waals surface area contributed by atoms with Gasteiger partial charge in [-0.05, 0) is 41.6 Å². The molecule has 132 valence electrons. The fourth-order valence-corrected chi connectivity index (χ4v) is 3.59. The van der Waals surface area contributed by atoms with Crippen molar-refractivity contribution in [3.63, 3.8) is 0 Å². The van der Waals surface area contributed by atoms with Gasteiger partial charge >= 0.3 is 0 Å². The van der Waals surface area contributed by atoms with Gasteiger partial charge in [-0.15, -0.1) is 0 Å². The van der Waals surface area contributed by atoms with Crippen LogP contribution in [-0.2, 0) is 11.2 Å². The number of nitrogens with zero attached hydrogens (tertiary/aromatic N) is 5. The number of pyridine rings is 1. The summed E-state index contributed by atoms with van der Waals surface area (Å²) in [4.78, 5) is 31.5. The largest absolute Gasteiger partial charge is 0.334 e. The second-order valence-corrected chi connectivity index (χ2v) is 6.81. The monoisotopic (exact) mass is 367 g/mol. The molecule has 2 aromatic heterocycles. The maximum atomic E-state index is 12.8. The molecule has 0 radical (unpaired) electrons. The van der Waals surface area contributed by atoms with Gasteiger partial charge in [0, 0.05) is 55.2 Å². The Bertz CT molecular complexity index is 863. The molecule has 0 saturated carbocycles. The van der Waals surface area contributed by atoms with E-state index in [4.69, 9.17) is 11.6 Å². The third kappa shape index (κ3) is 3.51. The van der Waals surface area contributed by atoms with Crippen molar-refractivity contribution < 1.29 is 4.79 Å². The van der Waals surface area contributed by atoms with Crippen LogP contribution in [-0.4, -0.2) is 44.1 Å². The summed E-state index contributed by atoms with van der Waals surface area (Å²) in [5, 5.41) is 0.233. The van der Waals surface area contributed by atoms with Gasteiger partial charge in [-0.2, -0.15) is 0 Å². The summed E-state index contributed by atoms with van der Waals surface area (Å²) < 4.78 is 0. The Hall–Kier alpha value is -2.60. The van der Waals surface area contributed by atoms with Crippen LogP contribution in [0.25, 0.3) is 5.57 Å². The molecule has 7 heteroatoms. The first kappa shape index (κ1) is 16.8. The standard InChI is InChI=1S/C19H18ClN5O/c20-19-23-11-15(12-24-19)14-8-16(22-10-14)17-4-2-6-25(17)18(26)7-13-3-1-5-21-9-13/h1,3,5,9-12,17H,2,4,6-8H2/t17-/m0/s1. The number of halogens is 1. The third-order valence-electron chi connectivity index (χ3n) is 4.78. The van der Waals surface area contributed by atoms with Gasteiger partial charge in [-0.25, -0.2) is 9.97 Å². The molecule has 0 aliphatic carbocycles. The lowest BCUT2D eigenvalue weighted by atomic mass is 10.00. The van der Waals surface area contributed by atoms with Crippen molar-refractivity contribution in [3.05, 3.63) is 59.5 Å². The maximum absolute atomic E-state index is 12.8. The molecule has 1 fully saturated rings. The van der Waals surface area contributed by atoms with Crippen LogP contribution in [0.2, 0.25) is 5.28 Å². The van der Waals surface area contributed by atoms with Crippen molar-refractivity contribution in [2.75, 3.05) is 6.54 Å². The molecule has 0 bridgehead atoms. The summed E-state index contributed by atoms with van der Waals surface area (Å²) in [6.07, 6.45) is 11.8. The van der Waals surface area contributed by atoms with Crippen LogP contribution in [0.15, 0.2) is 48.1 Å². The zero-order chi connectivity index (χ0) is 17.9. The normalized spacial score (nSPS) is 19.4. The zero-order valence-corrected chi connectivity index (χ0v) is 14.9. The number of likely N-dealkylation sites (tertiary alicyclic amines) is 1. The molecule has 4 rings (SSSR count). The van der Waals surface area contributed by atoms with Crippen molar-refractivity contribution in [1.82, 2.24) is 19.9 Å². The second kappa shape index (κ2) is 7.33. The van der Waals surface area contributed by atoms with Gasteiger partial charge in [-0.1, -0.05) is 6.07 Å². The molecule has 26 heavy (non-hydrogen) atoms. The molecule has 0 spiro atoms. The summed E-state index contributed by atoms with van der Waals surface area (Å²) >= 11 is 5.75. The molecule has 6 nitrogen and oxygen atoms in total. The van der Waals surface area contributed by atoms with Crippen LogP contribution in [0.1, 0.15) is 30.4 Å². The van der Waals surface area contributed by atoms with Crippen molar-refractivity contribution in [1.29, 1.82) is 0 Å². The van der Waals surface area contributed by atoms with E-state index < -0.39 is 0 Å². The SMILES string of the molecule is O=C(Cc1cccnc1)N1CCC[C@H]1C1=NC=C(c2cnc(Cl)nc2)C1. The lowest BCUT2D eigenvalue weighted by Crippen LogP contribution is -2.41. The molecule has 0 aromatic carbocycles. The lowest BCUT2D eigenvalue weighted by molar-refractivity contribution is -0.130. The first-order chi connectivity index (χ1) is 12.7. The Morgan fingerprint density at radius 3 is 2.88 bits per heavy atom. The molecule has 1 atom stereocenters. The van der Waals surface area contributed by atoms with E-state index in [-0.39, 0.29) is 17.2 Å². The fraction of sp³-hybridized carbons (Fsp3) is 0.316. The van der Waals surface area contributed by atoms with Crippen LogP contribution in [0.4, 0.5) is 0 Å². The van der Waals surface area contributed by atoms with Crippen LogP contribution in [0, 0.1) is 0 Å². The van der Waals surface area contributed by atoms with Crippen molar-refractivity contribution in [2.45, 2.75) is 31.7 Å². The highest BCUT2D eigenvalue weighted by molar-refractivity contribution is 6.28. The quantitative estimate of drug-likeness (QED) is 0.779. The minimum absolute atomic E-state index is 0.0705. The number of amides is 1. The Morgan fingerprint density at radius 1 is 1.27 bits per heavy atom. The summed E-state index contributed by atoms with van der Waals surface area (Å²) in [5.74, 6) is 0.131. The first-order valence-electron chi connectivity index (χ1n) is 8.62. The van der Waals surface area contributed by atoms with E-state index in [0.29, 0.717) is 12.8 Å². The summed E-state index contributed by atoms with van der Waals surface area (Å²) in [6, 6.07) is 3.86. The van der Waals surface area contributed by atoms with Crippen molar-refractivity contribution in [3.8, 4) is 0 Å². The van der Waals surface area contributed by atoms with Crippen LogP contribution < -0.4 is 0 Å². The average molecular weight is 368 g/mol. The van der Waals surface area contributed by atoms with Gasteiger partial charge in [-0.3, -0.25) is 14.8 Å². The molecule has 2 aromatic rings. The van der Waals surface area contributed by atoms with Gasteiger partial charge in [0.25, 0.3) is 0 Å². The zero-order valence-electron chi connectivity index (χ0n) is 14.2. The molecule has 0 unspecified atom stereocenters. The Labute approximate surface area is 156 Å². The van der Waals surface area contributed by atoms with E-state index in [9.17, 15) is 4.79 Å². The predicted octanol–water partition coefficient (Wildman–Crippen LogP) is 2.94. The molecule has 2 aliphatic rings. The lowest BCUT2D eigenvalue weighted by Gasteiger charge is -2.25. The molecular weight excluding hydrogens is 350 g/mol. The Morgan fingerprint density at radius 2 is 2.12 bits per heavy atom. The number of allylic oxidation sites excluding steroid dienone is 1. The van der Waals surface area contributed by atoms with Gasteiger partial charge < -0.3 is 4.90 Å². The van der Waals surface area contributed by atoms with E-state index in [0.717, 1.165) is 41.8 Å². The predicted molar refractivity (Wildman–Crippen MR) is 99.7 cm³/mol. The number of aliphatic imine (C=N–C) groups is 1. The van der Waals surface area contributed by atoms with Gasteiger partial charge in [0.1, 0.15) is 0 Å². The summed E-state index contributed by atoms with van der Waals surface area (Å²) in [7, 11) is 0. The summed E-state index contributed by atoms with van der Waals surface area (Å²) in [5.41, 5.74) is 3.95. The number of hydrogen-bond donors (Lipinski definition) is 0. The van der Waals surface area contributed by atoms with E-state index >= 15 is 0 Å². The highest BCUT2D eigenvalue weighted by atomic mass is 35.5. The van der Waals surface area contributed by atoms with Gasteiger partial charge in [0.15, 0.2) is 0 Å².